The molecule has 0 spiro atoms. The van der Waals surface area contributed by atoms with Crippen LogP contribution in [0.3, 0.4) is 0 Å². The third-order valence-corrected chi connectivity index (χ3v) is 4.08. The van der Waals surface area contributed by atoms with Crippen LogP contribution >= 0.6 is 0 Å². The molecule has 2 unspecified atom stereocenters. The molecule has 1 amide bonds. The maximum Gasteiger partial charge on any atom is 0.244 e. The normalized spacial score (nSPS) is 18.4. The van der Waals surface area contributed by atoms with E-state index in [9.17, 15) is 4.79 Å². The Bertz CT molecular complexity index is 694. The van der Waals surface area contributed by atoms with Crippen molar-refractivity contribution in [2.45, 2.75) is 25.5 Å². The molecule has 1 aliphatic heterocycles. The second kappa shape index (κ2) is 7.25. The Labute approximate surface area is 137 Å². The van der Waals surface area contributed by atoms with Crippen molar-refractivity contribution in [2.24, 2.45) is 0 Å². The van der Waals surface area contributed by atoms with Crippen molar-refractivity contribution in [3.05, 3.63) is 77.4 Å². The Morgan fingerprint density at radius 1 is 1.17 bits per heavy atom. The maximum atomic E-state index is 12.1. The van der Waals surface area contributed by atoms with Crippen molar-refractivity contribution < 1.29 is 9.53 Å². The topological polar surface area (TPSA) is 38.3 Å². The molecular formula is C20H21NO2. The van der Waals surface area contributed by atoms with Crippen LogP contribution in [0.2, 0.25) is 0 Å². The molecule has 3 heteroatoms. The molecule has 3 nitrogen and oxygen atoms in total. The highest BCUT2D eigenvalue weighted by atomic mass is 16.5. The van der Waals surface area contributed by atoms with Crippen LogP contribution in [0.15, 0.2) is 60.7 Å². The van der Waals surface area contributed by atoms with Crippen LogP contribution in [0.25, 0.3) is 6.08 Å². The number of carbonyl (C=O) groups is 1. The van der Waals surface area contributed by atoms with Crippen molar-refractivity contribution in [1.29, 1.82) is 0 Å². The first-order chi connectivity index (χ1) is 11.2. The van der Waals surface area contributed by atoms with E-state index in [0.29, 0.717) is 6.61 Å². The fraction of sp³-hybridized carbons (Fsp3) is 0.250. The first-order valence-corrected chi connectivity index (χ1v) is 7.97. The van der Waals surface area contributed by atoms with Gasteiger partial charge in [-0.25, -0.2) is 0 Å². The molecule has 0 aromatic heterocycles. The Balaban J connectivity index is 1.64. The number of amides is 1. The van der Waals surface area contributed by atoms with E-state index in [1.807, 2.05) is 55.5 Å². The zero-order valence-corrected chi connectivity index (χ0v) is 13.2. The van der Waals surface area contributed by atoms with E-state index in [4.69, 9.17) is 4.74 Å². The standard InChI is InChI=1S/C20H21NO2/c1-15(20-18-10-6-5-9-17(18)13-14-23-20)21-19(22)12-11-16-7-3-2-4-8-16/h2-12,15,20H,13-14H2,1H3,(H,21,22). The summed E-state index contributed by atoms with van der Waals surface area (Å²) in [6.07, 6.45) is 4.23. The van der Waals surface area contributed by atoms with Gasteiger partial charge in [-0.2, -0.15) is 0 Å². The molecule has 0 radical (unpaired) electrons. The molecule has 2 aromatic rings. The van der Waals surface area contributed by atoms with Gasteiger partial charge in [-0.3, -0.25) is 4.79 Å². The van der Waals surface area contributed by atoms with E-state index in [2.05, 4.69) is 17.4 Å². The van der Waals surface area contributed by atoms with Crippen LogP contribution in [0.5, 0.6) is 0 Å². The third-order valence-electron chi connectivity index (χ3n) is 4.08. The highest BCUT2D eigenvalue weighted by Crippen LogP contribution is 2.29. The summed E-state index contributed by atoms with van der Waals surface area (Å²) >= 11 is 0. The molecule has 1 aliphatic rings. The number of benzene rings is 2. The molecular weight excluding hydrogens is 286 g/mol. The number of fused-ring (bicyclic) bond motifs is 1. The average Bonchev–Trinajstić information content (AvgIpc) is 2.60. The largest absolute Gasteiger partial charge is 0.371 e. The van der Waals surface area contributed by atoms with Crippen molar-refractivity contribution in [2.75, 3.05) is 6.61 Å². The summed E-state index contributed by atoms with van der Waals surface area (Å²) in [5.74, 6) is -0.104. The van der Waals surface area contributed by atoms with Gasteiger partial charge in [0.15, 0.2) is 0 Å². The number of hydrogen-bond acceptors (Lipinski definition) is 2. The van der Waals surface area contributed by atoms with Crippen LogP contribution in [0, 0.1) is 0 Å². The van der Waals surface area contributed by atoms with E-state index >= 15 is 0 Å². The zero-order valence-electron chi connectivity index (χ0n) is 13.2. The maximum absolute atomic E-state index is 12.1. The van der Waals surface area contributed by atoms with Crippen molar-refractivity contribution in [3.8, 4) is 0 Å². The Kier molecular flexibility index (Phi) is 4.89. The van der Waals surface area contributed by atoms with Gasteiger partial charge in [0.1, 0.15) is 6.10 Å². The molecule has 0 fully saturated rings. The Morgan fingerprint density at radius 3 is 2.74 bits per heavy atom. The molecule has 0 saturated carbocycles. The molecule has 0 aliphatic carbocycles. The van der Waals surface area contributed by atoms with E-state index < -0.39 is 0 Å². The summed E-state index contributed by atoms with van der Waals surface area (Å²) in [6, 6.07) is 18.0. The van der Waals surface area contributed by atoms with Crippen molar-refractivity contribution >= 4 is 12.0 Å². The molecule has 3 rings (SSSR count). The molecule has 1 N–H and O–H groups in total. The number of ether oxygens (including phenoxy) is 1. The summed E-state index contributed by atoms with van der Waals surface area (Å²) in [7, 11) is 0. The third kappa shape index (κ3) is 3.88. The number of nitrogens with one attached hydrogen (secondary N) is 1. The first-order valence-electron chi connectivity index (χ1n) is 7.97. The predicted octanol–water partition coefficient (Wildman–Crippen LogP) is 3.52. The summed E-state index contributed by atoms with van der Waals surface area (Å²) < 4.78 is 5.89. The van der Waals surface area contributed by atoms with Crippen LogP contribution in [-0.2, 0) is 16.0 Å². The lowest BCUT2D eigenvalue weighted by molar-refractivity contribution is -0.118. The lowest BCUT2D eigenvalue weighted by Gasteiger charge is -2.30. The highest BCUT2D eigenvalue weighted by Gasteiger charge is 2.26. The predicted molar refractivity (Wildman–Crippen MR) is 91.9 cm³/mol. The molecule has 2 atom stereocenters. The minimum Gasteiger partial charge on any atom is -0.371 e. The lowest BCUT2D eigenvalue weighted by Crippen LogP contribution is -2.39. The van der Waals surface area contributed by atoms with Crippen LogP contribution in [0.1, 0.15) is 29.7 Å². The number of hydrogen-bond donors (Lipinski definition) is 1. The minimum atomic E-state index is -0.104. The van der Waals surface area contributed by atoms with Gasteiger partial charge in [0.25, 0.3) is 0 Å². The summed E-state index contributed by atoms with van der Waals surface area (Å²) in [5, 5.41) is 3.01. The molecule has 2 aromatic carbocycles. The van der Waals surface area contributed by atoms with Gasteiger partial charge < -0.3 is 10.1 Å². The Hall–Kier alpha value is -2.39. The summed E-state index contributed by atoms with van der Waals surface area (Å²) in [4.78, 5) is 12.1. The SMILES string of the molecule is CC(NC(=O)C=Cc1ccccc1)C1OCCc2ccccc21. The van der Waals surface area contributed by atoms with E-state index in [0.717, 1.165) is 12.0 Å². The van der Waals surface area contributed by atoms with Gasteiger partial charge in [-0.1, -0.05) is 54.6 Å². The minimum absolute atomic E-state index is 0.0793. The quantitative estimate of drug-likeness (QED) is 0.878. The van der Waals surface area contributed by atoms with Gasteiger partial charge in [0, 0.05) is 6.08 Å². The van der Waals surface area contributed by atoms with Gasteiger partial charge in [0.2, 0.25) is 5.91 Å². The molecule has 118 valence electrons. The Morgan fingerprint density at radius 2 is 1.91 bits per heavy atom. The van der Waals surface area contributed by atoms with Gasteiger partial charge in [-0.05, 0) is 36.1 Å². The number of rotatable bonds is 4. The molecule has 0 saturated heterocycles. The fourth-order valence-electron chi connectivity index (χ4n) is 2.92. The highest BCUT2D eigenvalue weighted by molar-refractivity contribution is 5.91. The molecule has 0 bridgehead atoms. The average molecular weight is 307 g/mol. The summed E-state index contributed by atoms with van der Waals surface area (Å²) in [5.41, 5.74) is 3.50. The van der Waals surface area contributed by atoms with Gasteiger partial charge in [0.05, 0.1) is 12.6 Å². The first kappa shape index (κ1) is 15.5. The van der Waals surface area contributed by atoms with Crippen LogP contribution in [-0.4, -0.2) is 18.6 Å². The molecule has 1 heterocycles. The van der Waals surface area contributed by atoms with Crippen molar-refractivity contribution in [1.82, 2.24) is 5.32 Å². The van der Waals surface area contributed by atoms with Gasteiger partial charge >= 0.3 is 0 Å². The van der Waals surface area contributed by atoms with Crippen molar-refractivity contribution in [3.63, 3.8) is 0 Å². The number of carbonyl (C=O) groups excluding carboxylic acids is 1. The second-order valence-electron chi connectivity index (χ2n) is 5.78. The fourth-order valence-corrected chi connectivity index (χ4v) is 2.92. The van der Waals surface area contributed by atoms with E-state index in [1.165, 1.54) is 11.1 Å². The van der Waals surface area contributed by atoms with Crippen LogP contribution in [0.4, 0.5) is 0 Å². The lowest BCUT2D eigenvalue weighted by atomic mass is 9.94. The van der Waals surface area contributed by atoms with Crippen LogP contribution < -0.4 is 5.32 Å². The van der Waals surface area contributed by atoms with E-state index in [-0.39, 0.29) is 18.1 Å². The smallest absolute Gasteiger partial charge is 0.244 e. The zero-order chi connectivity index (χ0) is 16.1. The van der Waals surface area contributed by atoms with E-state index in [1.54, 1.807) is 6.08 Å². The monoisotopic (exact) mass is 307 g/mol. The van der Waals surface area contributed by atoms with Gasteiger partial charge in [-0.15, -0.1) is 0 Å². The summed E-state index contributed by atoms with van der Waals surface area (Å²) in [6.45, 7) is 2.68. The second-order valence-corrected chi connectivity index (χ2v) is 5.78. The molecule has 23 heavy (non-hydrogen) atoms.